The van der Waals surface area contributed by atoms with E-state index in [0.29, 0.717) is 0 Å². The highest BCUT2D eigenvalue weighted by Crippen LogP contribution is 1.74. The maximum atomic E-state index is 10.3. The second-order valence-corrected chi connectivity index (χ2v) is 1.58. The summed E-state index contributed by atoms with van der Waals surface area (Å²) in [5, 5.41) is 1.66. The topological polar surface area (TPSA) is 62.1 Å². The first kappa shape index (κ1) is 8.16. The zero-order chi connectivity index (χ0) is 7.28. The van der Waals surface area contributed by atoms with Gasteiger partial charge in [0.05, 0.1) is 6.61 Å². The normalized spacial score (nSPS) is 8.11. The van der Waals surface area contributed by atoms with E-state index in [2.05, 4.69) is 17.0 Å². The van der Waals surface area contributed by atoms with Crippen molar-refractivity contribution in [3.05, 3.63) is 0 Å². The molecule has 4 nitrogen and oxygen atoms in total. The Morgan fingerprint density at radius 2 is 2.44 bits per heavy atom. The molecule has 0 aromatic rings. The molecule has 0 atom stereocenters. The van der Waals surface area contributed by atoms with Gasteiger partial charge < -0.3 is 4.74 Å². The van der Waals surface area contributed by atoms with Crippen molar-refractivity contribution in [3.63, 3.8) is 0 Å². The van der Waals surface area contributed by atoms with E-state index in [1.807, 2.05) is 5.32 Å². The first-order valence-corrected chi connectivity index (χ1v) is 2.77. The van der Waals surface area contributed by atoms with E-state index < -0.39 is 6.09 Å². The fourth-order valence-corrected chi connectivity index (χ4v) is 0.343. The summed E-state index contributed by atoms with van der Waals surface area (Å²) < 4.78 is 4.40. The fraction of sp³-hybridized carbons (Fsp3) is 0.500. The third kappa shape index (κ3) is 5.02. The van der Waals surface area contributed by atoms with Crippen LogP contribution < -0.4 is 11.1 Å². The van der Waals surface area contributed by atoms with E-state index in [-0.39, 0.29) is 11.7 Å². The maximum absolute atomic E-state index is 10.3. The molecular formula is C4H7N2O2S. The number of hydrogen-bond donors (Lipinski definition) is 1. The van der Waals surface area contributed by atoms with Crippen LogP contribution in [-0.4, -0.2) is 17.8 Å². The third-order valence-corrected chi connectivity index (χ3v) is 0.593. The van der Waals surface area contributed by atoms with Gasteiger partial charge in [-0.15, -0.1) is 0 Å². The Hall–Kier alpha value is -0.840. The van der Waals surface area contributed by atoms with Crippen LogP contribution >= 0.6 is 12.2 Å². The lowest BCUT2D eigenvalue weighted by atomic mass is 10.8. The Morgan fingerprint density at radius 1 is 1.89 bits per heavy atom. The van der Waals surface area contributed by atoms with Crippen molar-refractivity contribution < 1.29 is 9.53 Å². The highest BCUT2D eigenvalue weighted by Gasteiger charge is 1.98. The van der Waals surface area contributed by atoms with E-state index in [4.69, 9.17) is 5.73 Å². The van der Waals surface area contributed by atoms with Gasteiger partial charge in [-0.25, -0.2) is 4.79 Å². The average Bonchev–Trinajstić information content (AvgIpc) is 1.63. The zero-order valence-electron chi connectivity index (χ0n) is 4.93. The van der Waals surface area contributed by atoms with Gasteiger partial charge in [0, 0.05) is 0 Å². The molecule has 0 aliphatic carbocycles. The van der Waals surface area contributed by atoms with Crippen molar-refractivity contribution >= 4 is 23.4 Å². The van der Waals surface area contributed by atoms with Crippen molar-refractivity contribution in [1.82, 2.24) is 11.1 Å². The molecule has 0 heterocycles. The molecule has 0 aliphatic rings. The number of carbonyl (C=O) groups excluding carboxylic acids is 1. The van der Waals surface area contributed by atoms with Crippen molar-refractivity contribution in [1.29, 1.82) is 0 Å². The summed E-state index contributed by atoms with van der Waals surface area (Å²) in [6.07, 6.45) is -0.669. The van der Waals surface area contributed by atoms with Gasteiger partial charge in [0.15, 0.2) is 5.11 Å². The molecule has 0 fully saturated rings. The molecule has 0 unspecified atom stereocenters. The van der Waals surface area contributed by atoms with Crippen LogP contribution in [-0.2, 0) is 4.74 Å². The van der Waals surface area contributed by atoms with Gasteiger partial charge in [0.25, 0.3) is 0 Å². The lowest BCUT2D eigenvalue weighted by Gasteiger charge is -1.99. The molecule has 1 radical (unpaired) electrons. The van der Waals surface area contributed by atoms with Crippen LogP contribution in [0.3, 0.4) is 0 Å². The van der Waals surface area contributed by atoms with Crippen LogP contribution in [0.1, 0.15) is 6.92 Å². The summed E-state index contributed by atoms with van der Waals surface area (Å²) in [6.45, 7) is 1.96. The van der Waals surface area contributed by atoms with Gasteiger partial charge in [-0.3, -0.25) is 11.1 Å². The number of hydrogen-bond acceptors (Lipinski definition) is 3. The monoisotopic (exact) mass is 147 g/mol. The number of nitrogens with one attached hydrogen (secondary N) is 2. The first-order valence-electron chi connectivity index (χ1n) is 2.36. The van der Waals surface area contributed by atoms with Crippen LogP contribution in [0.25, 0.3) is 0 Å². The fourth-order valence-electron chi connectivity index (χ4n) is 0.260. The Morgan fingerprint density at radius 3 is 2.78 bits per heavy atom. The summed E-state index contributed by atoms with van der Waals surface area (Å²) in [7, 11) is 0. The predicted octanol–water partition coefficient (Wildman–Crippen LogP) is 0.300. The Balaban J connectivity index is 3.39. The Labute approximate surface area is 58.4 Å². The van der Waals surface area contributed by atoms with Gasteiger partial charge in [0.2, 0.25) is 0 Å². The summed E-state index contributed by atoms with van der Waals surface area (Å²) >= 11 is 4.24. The Bertz CT molecular complexity index is 126. The molecule has 2 N–H and O–H groups in total. The minimum absolute atomic E-state index is 0.286. The predicted molar refractivity (Wildman–Crippen MR) is 35.9 cm³/mol. The summed E-state index contributed by atoms with van der Waals surface area (Å²) in [4.78, 5) is 10.3. The minimum Gasteiger partial charge on any atom is -0.450 e. The zero-order valence-corrected chi connectivity index (χ0v) is 5.75. The van der Waals surface area contributed by atoms with Crippen molar-refractivity contribution in [2.24, 2.45) is 0 Å². The molecule has 51 valence electrons. The van der Waals surface area contributed by atoms with Crippen LogP contribution in [0.2, 0.25) is 0 Å². The number of thiocarbonyl (C=S) groups is 1. The van der Waals surface area contributed by atoms with E-state index in [9.17, 15) is 4.79 Å². The molecule has 0 saturated heterocycles. The van der Waals surface area contributed by atoms with Crippen molar-refractivity contribution in [3.8, 4) is 0 Å². The largest absolute Gasteiger partial charge is 0.450 e. The minimum atomic E-state index is -0.669. The molecule has 0 spiro atoms. The quantitative estimate of drug-likeness (QED) is 0.542. The number of carbonyl (C=O) groups is 1. The molecule has 0 aromatic heterocycles. The molecule has 9 heavy (non-hydrogen) atoms. The highest BCUT2D eigenvalue weighted by molar-refractivity contribution is 7.80. The third-order valence-electron chi connectivity index (χ3n) is 0.491. The molecular weight excluding hydrogens is 140 g/mol. The number of amides is 1. The van der Waals surface area contributed by atoms with Crippen LogP contribution in [0.15, 0.2) is 0 Å². The molecule has 1 amide bonds. The first-order chi connectivity index (χ1) is 4.16. The highest BCUT2D eigenvalue weighted by atomic mass is 32.1. The summed E-state index contributed by atoms with van der Waals surface area (Å²) in [5.74, 6) is 0. The van der Waals surface area contributed by atoms with Gasteiger partial charge in [-0.2, -0.15) is 0 Å². The van der Waals surface area contributed by atoms with Gasteiger partial charge in [-0.1, -0.05) is 0 Å². The van der Waals surface area contributed by atoms with E-state index in [0.717, 1.165) is 0 Å². The number of ether oxygens (including phenoxy) is 1. The van der Waals surface area contributed by atoms with Crippen LogP contribution in [0.4, 0.5) is 4.79 Å². The maximum Gasteiger partial charge on any atom is 0.413 e. The molecule has 0 aliphatic heterocycles. The van der Waals surface area contributed by atoms with Gasteiger partial charge in [0.1, 0.15) is 0 Å². The molecule has 5 heteroatoms. The van der Waals surface area contributed by atoms with Crippen molar-refractivity contribution in [2.45, 2.75) is 6.92 Å². The van der Waals surface area contributed by atoms with Gasteiger partial charge >= 0.3 is 6.09 Å². The van der Waals surface area contributed by atoms with E-state index in [1.165, 1.54) is 0 Å². The number of alkyl carbamates (subject to hydrolysis) is 1. The SMILES string of the molecule is CCOC(=O)NC([NH])=S. The number of rotatable bonds is 1. The van der Waals surface area contributed by atoms with E-state index >= 15 is 0 Å². The van der Waals surface area contributed by atoms with E-state index in [1.54, 1.807) is 6.92 Å². The van der Waals surface area contributed by atoms with Gasteiger partial charge in [-0.05, 0) is 19.1 Å². The molecule has 0 aromatic carbocycles. The lowest BCUT2D eigenvalue weighted by Crippen LogP contribution is -2.30. The molecule has 0 saturated carbocycles. The molecule has 0 bridgehead atoms. The van der Waals surface area contributed by atoms with Crippen molar-refractivity contribution in [2.75, 3.05) is 6.61 Å². The lowest BCUT2D eigenvalue weighted by molar-refractivity contribution is 0.158. The molecule has 0 rings (SSSR count). The van der Waals surface area contributed by atoms with Crippen LogP contribution in [0.5, 0.6) is 0 Å². The average molecular weight is 147 g/mol. The smallest absolute Gasteiger partial charge is 0.413 e. The van der Waals surface area contributed by atoms with Crippen LogP contribution in [0, 0.1) is 0 Å². The standard InChI is InChI=1S/C4H7N2O2S/c1-2-8-4(7)6-3(5)9/h5H,2H2,1H3,(H,6,7,9). The second-order valence-electron chi connectivity index (χ2n) is 1.17. The second kappa shape index (κ2) is 4.08. The summed E-state index contributed by atoms with van der Waals surface area (Å²) in [5.41, 5.74) is 6.61. The Kier molecular flexibility index (Phi) is 3.70. The summed E-state index contributed by atoms with van der Waals surface area (Å²) in [6, 6.07) is 0.